The molecule has 1 N–H and O–H groups in total. The fourth-order valence-corrected chi connectivity index (χ4v) is 3.09. The van der Waals surface area contributed by atoms with Crippen LogP contribution in [-0.4, -0.2) is 43.2 Å². The Morgan fingerprint density at radius 2 is 2.00 bits per heavy atom. The number of halogens is 4. The first-order valence-corrected chi connectivity index (χ1v) is 9.80. The topological polar surface area (TPSA) is 80.5 Å². The number of pyridine rings is 1. The number of amides is 1. The summed E-state index contributed by atoms with van der Waals surface area (Å²) in [6.07, 6.45) is -3.55. The molecule has 0 saturated carbocycles. The van der Waals surface area contributed by atoms with E-state index in [2.05, 4.69) is 31.2 Å². The van der Waals surface area contributed by atoms with Crippen LogP contribution in [0.2, 0.25) is 0 Å². The van der Waals surface area contributed by atoms with Crippen LogP contribution in [0, 0.1) is 0 Å². The Morgan fingerprint density at radius 3 is 2.61 bits per heavy atom. The van der Waals surface area contributed by atoms with Gasteiger partial charge >= 0.3 is 6.18 Å². The molecule has 0 radical (unpaired) electrons. The predicted molar refractivity (Wildman–Crippen MR) is 112 cm³/mol. The van der Waals surface area contributed by atoms with Crippen molar-refractivity contribution >= 4 is 33.3 Å². The monoisotopic (exact) mass is 498 g/mol. The molecule has 0 atom stereocenters. The Balaban J connectivity index is 1.85. The zero-order valence-electron chi connectivity index (χ0n) is 16.5. The van der Waals surface area contributed by atoms with E-state index >= 15 is 0 Å². The second kappa shape index (κ2) is 9.48. The van der Waals surface area contributed by atoms with Crippen molar-refractivity contribution in [1.82, 2.24) is 9.97 Å². The molecule has 164 valence electrons. The number of nitrogens with zero attached hydrogens (tertiary/aromatic N) is 3. The number of carbonyl (C=O) groups is 1. The van der Waals surface area contributed by atoms with Crippen molar-refractivity contribution in [2.24, 2.45) is 0 Å². The molecule has 0 spiro atoms. The second-order valence-electron chi connectivity index (χ2n) is 6.45. The van der Waals surface area contributed by atoms with Gasteiger partial charge in [0.25, 0.3) is 5.91 Å². The Morgan fingerprint density at radius 1 is 1.26 bits per heavy atom. The smallest absolute Gasteiger partial charge is 0.431 e. The number of hydrogen-bond donors (Lipinski definition) is 1. The number of aromatic nitrogens is 2. The summed E-state index contributed by atoms with van der Waals surface area (Å²) in [5.74, 6) is -2.24. The van der Waals surface area contributed by atoms with Gasteiger partial charge in [-0.2, -0.15) is 13.2 Å². The summed E-state index contributed by atoms with van der Waals surface area (Å²) in [7, 11) is 3.40. The molecular weight excluding hydrogens is 481 g/mol. The maximum Gasteiger partial charge on any atom is 0.452 e. The molecule has 0 aliphatic heterocycles. The van der Waals surface area contributed by atoms with E-state index in [9.17, 15) is 18.0 Å². The average molecular weight is 499 g/mol. The van der Waals surface area contributed by atoms with Gasteiger partial charge < -0.3 is 19.4 Å². The third-order valence-electron chi connectivity index (χ3n) is 4.23. The van der Waals surface area contributed by atoms with E-state index < -0.39 is 23.5 Å². The Labute approximate surface area is 184 Å². The largest absolute Gasteiger partial charge is 0.452 e. The predicted octanol–water partition coefficient (Wildman–Crippen LogP) is 4.85. The number of benzene rings is 1. The van der Waals surface area contributed by atoms with Gasteiger partial charge in [-0.3, -0.25) is 4.79 Å². The highest BCUT2D eigenvalue weighted by Crippen LogP contribution is 2.37. The van der Waals surface area contributed by atoms with Crippen LogP contribution in [0.25, 0.3) is 11.5 Å². The molecule has 0 fully saturated rings. The molecule has 11 heteroatoms. The quantitative estimate of drug-likeness (QED) is 0.501. The minimum atomic E-state index is -4.90. The van der Waals surface area contributed by atoms with E-state index in [0.29, 0.717) is 23.4 Å². The van der Waals surface area contributed by atoms with Crippen LogP contribution in [0.4, 0.5) is 24.7 Å². The van der Waals surface area contributed by atoms with Gasteiger partial charge in [0.2, 0.25) is 11.7 Å². The normalized spacial score (nSPS) is 11.4. The number of ether oxygens (including phenoxy) is 1. The molecule has 3 rings (SSSR count). The van der Waals surface area contributed by atoms with Gasteiger partial charge in [0.1, 0.15) is 5.82 Å². The third kappa shape index (κ3) is 5.42. The van der Waals surface area contributed by atoms with Gasteiger partial charge in [0.15, 0.2) is 5.69 Å². The van der Waals surface area contributed by atoms with Gasteiger partial charge in [0.05, 0.1) is 24.1 Å². The Kier molecular flexibility index (Phi) is 6.96. The number of likely N-dealkylation sites (N-methyl/N-ethyl adjacent to an activating group) is 1. The first-order valence-electron chi connectivity index (χ1n) is 9.01. The standard InChI is InChI=1S/C20H18BrF3N4O3/c1-28(9-10-30-2)15-8-7-12(11-25-15)26-18(29)16-17(20(22,23)24)31-19(27-16)13-5-3-4-6-14(13)21/h3-8,11H,9-10H2,1-2H3,(H,26,29). The number of oxazole rings is 1. The van der Waals surface area contributed by atoms with Gasteiger partial charge in [-0.25, -0.2) is 9.97 Å². The van der Waals surface area contributed by atoms with Crippen LogP contribution in [0.15, 0.2) is 51.5 Å². The van der Waals surface area contributed by atoms with E-state index in [-0.39, 0.29) is 17.1 Å². The molecule has 0 aliphatic carbocycles. The van der Waals surface area contributed by atoms with E-state index in [1.165, 1.54) is 18.3 Å². The maximum atomic E-state index is 13.5. The van der Waals surface area contributed by atoms with Crippen LogP contribution in [0.1, 0.15) is 16.2 Å². The summed E-state index contributed by atoms with van der Waals surface area (Å²) in [4.78, 5) is 22.4. The minimum Gasteiger partial charge on any atom is -0.431 e. The first-order chi connectivity index (χ1) is 14.7. The third-order valence-corrected chi connectivity index (χ3v) is 4.92. The van der Waals surface area contributed by atoms with Gasteiger partial charge in [-0.05, 0) is 40.2 Å². The summed E-state index contributed by atoms with van der Waals surface area (Å²) in [5, 5.41) is 2.38. The molecule has 2 heterocycles. The molecule has 0 bridgehead atoms. The summed E-state index contributed by atoms with van der Waals surface area (Å²) >= 11 is 3.24. The lowest BCUT2D eigenvalue weighted by Crippen LogP contribution is -2.23. The first kappa shape index (κ1) is 22.8. The molecule has 1 amide bonds. The summed E-state index contributed by atoms with van der Waals surface area (Å²) in [6, 6.07) is 9.63. The molecule has 0 aliphatic rings. The van der Waals surface area contributed by atoms with Gasteiger partial charge in [-0.1, -0.05) is 12.1 Å². The lowest BCUT2D eigenvalue weighted by molar-refractivity contribution is -0.153. The van der Waals surface area contributed by atoms with Crippen LogP contribution < -0.4 is 10.2 Å². The summed E-state index contributed by atoms with van der Waals surface area (Å²) in [5.41, 5.74) is -0.357. The molecule has 31 heavy (non-hydrogen) atoms. The maximum absolute atomic E-state index is 13.5. The van der Waals surface area contributed by atoms with Crippen LogP contribution in [0.3, 0.4) is 0 Å². The van der Waals surface area contributed by atoms with Crippen molar-refractivity contribution < 1.29 is 27.1 Å². The highest BCUT2D eigenvalue weighted by Gasteiger charge is 2.42. The van der Waals surface area contributed by atoms with Crippen molar-refractivity contribution in [3.8, 4) is 11.5 Å². The van der Waals surface area contributed by atoms with Crippen molar-refractivity contribution in [2.45, 2.75) is 6.18 Å². The fourth-order valence-electron chi connectivity index (χ4n) is 2.63. The number of alkyl halides is 3. The minimum absolute atomic E-state index is 0.215. The van der Waals surface area contributed by atoms with E-state index in [4.69, 9.17) is 9.15 Å². The number of rotatable bonds is 7. The molecule has 1 aromatic carbocycles. The van der Waals surface area contributed by atoms with Crippen LogP contribution >= 0.6 is 15.9 Å². The highest BCUT2D eigenvalue weighted by molar-refractivity contribution is 9.10. The number of carbonyl (C=O) groups excluding carboxylic acids is 1. The zero-order valence-corrected chi connectivity index (χ0v) is 18.1. The second-order valence-corrected chi connectivity index (χ2v) is 7.30. The number of nitrogens with one attached hydrogen (secondary N) is 1. The van der Waals surface area contributed by atoms with E-state index in [0.717, 1.165) is 0 Å². The SMILES string of the molecule is COCCN(C)c1ccc(NC(=O)c2nc(-c3ccccc3Br)oc2C(F)(F)F)cn1. The lowest BCUT2D eigenvalue weighted by atomic mass is 10.2. The van der Waals surface area contributed by atoms with Crippen molar-refractivity contribution in [2.75, 3.05) is 37.5 Å². The Hall–Kier alpha value is -2.92. The number of methoxy groups -OCH3 is 1. The molecule has 3 aromatic rings. The van der Waals surface area contributed by atoms with Crippen molar-refractivity contribution in [3.05, 3.63) is 58.5 Å². The van der Waals surface area contributed by atoms with Gasteiger partial charge in [0, 0.05) is 25.2 Å². The average Bonchev–Trinajstić information content (AvgIpc) is 3.19. The van der Waals surface area contributed by atoms with Crippen molar-refractivity contribution in [1.29, 1.82) is 0 Å². The molecule has 0 saturated heterocycles. The zero-order chi connectivity index (χ0) is 22.6. The van der Waals surface area contributed by atoms with Gasteiger partial charge in [-0.15, -0.1) is 0 Å². The number of anilines is 2. The fraction of sp³-hybridized carbons (Fsp3) is 0.250. The lowest BCUT2D eigenvalue weighted by Gasteiger charge is -2.17. The Bertz CT molecular complexity index is 1050. The van der Waals surface area contributed by atoms with Crippen LogP contribution in [-0.2, 0) is 10.9 Å². The molecule has 2 aromatic heterocycles. The summed E-state index contributed by atoms with van der Waals surface area (Å²) in [6.45, 7) is 1.10. The molecular formula is C20H18BrF3N4O3. The van der Waals surface area contributed by atoms with Crippen molar-refractivity contribution in [3.63, 3.8) is 0 Å². The molecule has 7 nitrogen and oxygen atoms in total. The van der Waals surface area contributed by atoms with E-state index in [1.54, 1.807) is 31.4 Å². The van der Waals surface area contributed by atoms with E-state index in [1.807, 2.05) is 11.9 Å². The summed E-state index contributed by atoms with van der Waals surface area (Å²) < 4.78 is 50.8. The molecule has 0 unspecified atom stereocenters. The van der Waals surface area contributed by atoms with Crippen LogP contribution in [0.5, 0.6) is 0 Å². The highest BCUT2D eigenvalue weighted by atomic mass is 79.9. The number of hydrogen-bond acceptors (Lipinski definition) is 6.